The first kappa shape index (κ1) is 18.8. The van der Waals surface area contributed by atoms with E-state index in [-0.39, 0.29) is 11.4 Å². The van der Waals surface area contributed by atoms with Crippen molar-refractivity contribution in [3.63, 3.8) is 0 Å². The Morgan fingerprint density at radius 3 is 2.52 bits per heavy atom. The van der Waals surface area contributed by atoms with Gasteiger partial charge in [-0.3, -0.25) is 0 Å². The second-order valence-electron chi connectivity index (χ2n) is 5.67. The van der Waals surface area contributed by atoms with E-state index in [2.05, 4.69) is 16.6 Å². The fraction of sp³-hybridized carbons (Fsp3) is 0.263. The Balaban J connectivity index is 2.11. The molecule has 1 N–H and O–H groups in total. The molecule has 0 saturated carbocycles. The average molecular weight is 358 g/mol. The minimum Gasteiger partial charge on any atom is -0.496 e. The molecule has 0 heterocycles. The number of methoxy groups -OCH3 is 1. The largest absolute Gasteiger partial charge is 0.496 e. The summed E-state index contributed by atoms with van der Waals surface area (Å²) in [4.78, 5) is 2.16. The van der Waals surface area contributed by atoms with Crippen LogP contribution in [0.5, 0.6) is 5.75 Å². The predicted molar refractivity (Wildman–Crippen MR) is 101 cm³/mol. The van der Waals surface area contributed by atoms with E-state index in [9.17, 15) is 8.42 Å². The minimum absolute atomic E-state index is 0.0369. The van der Waals surface area contributed by atoms with Crippen molar-refractivity contribution >= 4 is 15.7 Å². The maximum absolute atomic E-state index is 12.3. The SMILES string of the molecule is COc1ccc(S(=O)(=O)NCC#Cc2ccccc2N(C)C)cc1C. The summed E-state index contributed by atoms with van der Waals surface area (Å²) in [5, 5.41) is 0. The second-order valence-corrected chi connectivity index (χ2v) is 7.44. The summed E-state index contributed by atoms with van der Waals surface area (Å²) in [6.45, 7) is 1.84. The summed E-state index contributed by atoms with van der Waals surface area (Å²) in [7, 11) is 1.82. The first-order valence-corrected chi connectivity index (χ1v) is 9.23. The van der Waals surface area contributed by atoms with E-state index in [0.29, 0.717) is 5.75 Å². The number of nitrogens with zero attached hydrogens (tertiary/aromatic N) is 1. The molecule has 2 rings (SSSR count). The van der Waals surface area contributed by atoms with Crippen molar-refractivity contribution in [1.29, 1.82) is 0 Å². The lowest BCUT2D eigenvalue weighted by atomic mass is 10.1. The number of nitrogens with one attached hydrogen (secondary N) is 1. The van der Waals surface area contributed by atoms with Crippen LogP contribution < -0.4 is 14.4 Å². The highest BCUT2D eigenvalue weighted by molar-refractivity contribution is 7.89. The summed E-state index contributed by atoms with van der Waals surface area (Å²) in [5.41, 5.74) is 2.60. The number of hydrogen-bond donors (Lipinski definition) is 1. The minimum atomic E-state index is -3.61. The number of anilines is 1. The molecule has 132 valence electrons. The molecule has 25 heavy (non-hydrogen) atoms. The Bertz CT molecular complexity index is 910. The van der Waals surface area contributed by atoms with Gasteiger partial charge < -0.3 is 9.64 Å². The molecule has 0 aliphatic carbocycles. The number of para-hydroxylation sites is 1. The molecule has 5 nitrogen and oxygen atoms in total. The average Bonchev–Trinajstić information content (AvgIpc) is 2.59. The van der Waals surface area contributed by atoms with Crippen LogP contribution in [-0.2, 0) is 10.0 Å². The van der Waals surface area contributed by atoms with Crippen LogP contribution in [0.15, 0.2) is 47.4 Å². The molecule has 0 aromatic heterocycles. The number of sulfonamides is 1. The summed E-state index contributed by atoms with van der Waals surface area (Å²) < 4.78 is 32.3. The van der Waals surface area contributed by atoms with E-state index in [4.69, 9.17) is 4.74 Å². The molecular formula is C19H22N2O3S. The van der Waals surface area contributed by atoms with Crippen molar-refractivity contribution in [3.8, 4) is 17.6 Å². The van der Waals surface area contributed by atoms with E-state index in [1.54, 1.807) is 26.2 Å². The normalized spacial score (nSPS) is 10.7. The third kappa shape index (κ3) is 4.75. The van der Waals surface area contributed by atoms with Crippen LogP contribution in [0.2, 0.25) is 0 Å². The Morgan fingerprint density at radius 1 is 1.16 bits per heavy atom. The summed E-state index contributed by atoms with van der Waals surface area (Å²) >= 11 is 0. The van der Waals surface area contributed by atoms with Crippen LogP contribution in [-0.4, -0.2) is 36.2 Å². The van der Waals surface area contributed by atoms with Crippen LogP contribution in [0.3, 0.4) is 0 Å². The maximum atomic E-state index is 12.3. The van der Waals surface area contributed by atoms with Gasteiger partial charge in [-0.2, -0.15) is 4.72 Å². The van der Waals surface area contributed by atoms with Crippen molar-refractivity contribution in [3.05, 3.63) is 53.6 Å². The molecular weight excluding hydrogens is 336 g/mol. The zero-order valence-electron chi connectivity index (χ0n) is 14.8. The predicted octanol–water partition coefficient (Wildman–Crippen LogP) is 2.40. The van der Waals surface area contributed by atoms with E-state index in [1.165, 1.54) is 6.07 Å². The van der Waals surface area contributed by atoms with Crippen LogP contribution >= 0.6 is 0 Å². The van der Waals surface area contributed by atoms with Gasteiger partial charge in [0.25, 0.3) is 0 Å². The van der Waals surface area contributed by atoms with Gasteiger partial charge in [0.1, 0.15) is 5.75 Å². The summed E-state index contributed by atoms with van der Waals surface area (Å²) in [6.07, 6.45) is 0. The lowest BCUT2D eigenvalue weighted by Crippen LogP contribution is -2.24. The number of ether oxygens (including phenoxy) is 1. The Kier molecular flexibility index (Phi) is 6.07. The van der Waals surface area contributed by atoms with E-state index in [0.717, 1.165) is 16.8 Å². The standard InChI is InChI=1S/C19H22N2O3S/c1-15-14-17(11-12-19(15)24-4)25(22,23)20-13-7-9-16-8-5-6-10-18(16)21(2)3/h5-6,8,10-12,14,20H,13H2,1-4H3. The summed E-state index contributed by atoms with van der Waals surface area (Å²) in [6, 6.07) is 12.5. The fourth-order valence-corrected chi connectivity index (χ4v) is 3.35. The quantitative estimate of drug-likeness (QED) is 0.834. The number of hydrogen-bond acceptors (Lipinski definition) is 4. The number of aryl methyl sites for hydroxylation is 1. The van der Waals surface area contributed by atoms with Crippen molar-refractivity contribution in [2.75, 3.05) is 32.6 Å². The first-order valence-electron chi connectivity index (χ1n) is 7.74. The van der Waals surface area contributed by atoms with Gasteiger partial charge in [0.15, 0.2) is 0 Å². The van der Waals surface area contributed by atoms with Gasteiger partial charge in [0.05, 0.1) is 24.2 Å². The Labute approximate surface area is 149 Å². The highest BCUT2D eigenvalue weighted by Gasteiger charge is 2.14. The molecule has 0 spiro atoms. The zero-order valence-corrected chi connectivity index (χ0v) is 15.6. The van der Waals surface area contributed by atoms with Crippen molar-refractivity contribution < 1.29 is 13.2 Å². The molecule has 0 fully saturated rings. The molecule has 0 aliphatic rings. The van der Waals surface area contributed by atoms with Gasteiger partial charge in [-0.05, 0) is 42.8 Å². The molecule has 0 aliphatic heterocycles. The van der Waals surface area contributed by atoms with Crippen LogP contribution in [0.1, 0.15) is 11.1 Å². The van der Waals surface area contributed by atoms with Crippen LogP contribution in [0.25, 0.3) is 0 Å². The zero-order chi connectivity index (χ0) is 18.4. The van der Waals surface area contributed by atoms with Gasteiger partial charge in [-0.1, -0.05) is 24.0 Å². The van der Waals surface area contributed by atoms with Crippen LogP contribution in [0.4, 0.5) is 5.69 Å². The molecule has 0 radical (unpaired) electrons. The maximum Gasteiger partial charge on any atom is 0.241 e. The second kappa shape index (κ2) is 8.06. The highest BCUT2D eigenvalue weighted by Crippen LogP contribution is 2.21. The molecule has 0 saturated heterocycles. The molecule has 0 unspecified atom stereocenters. The van der Waals surface area contributed by atoms with Gasteiger partial charge in [-0.25, -0.2) is 8.42 Å². The molecule has 0 bridgehead atoms. The van der Waals surface area contributed by atoms with Gasteiger partial charge in [0.2, 0.25) is 10.0 Å². The van der Waals surface area contributed by atoms with Crippen molar-refractivity contribution in [1.82, 2.24) is 4.72 Å². The van der Waals surface area contributed by atoms with E-state index in [1.807, 2.05) is 43.3 Å². The third-order valence-electron chi connectivity index (χ3n) is 3.64. The topological polar surface area (TPSA) is 58.6 Å². The Hall–Kier alpha value is -2.49. The Morgan fingerprint density at radius 2 is 1.88 bits per heavy atom. The van der Waals surface area contributed by atoms with Crippen molar-refractivity contribution in [2.45, 2.75) is 11.8 Å². The van der Waals surface area contributed by atoms with Gasteiger partial charge in [-0.15, -0.1) is 0 Å². The molecule has 0 amide bonds. The molecule has 6 heteroatoms. The fourth-order valence-electron chi connectivity index (χ4n) is 2.34. The molecule has 2 aromatic rings. The van der Waals surface area contributed by atoms with Gasteiger partial charge >= 0.3 is 0 Å². The lowest BCUT2D eigenvalue weighted by Gasteiger charge is -2.13. The van der Waals surface area contributed by atoms with E-state index >= 15 is 0 Å². The number of rotatable bonds is 5. The van der Waals surface area contributed by atoms with Gasteiger partial charge in [0, 0.05) is 19.7 Å². The third-order valence-corrected chi connectivity index (χ3v) is 5.04. The first-order chi connectivity index (χ1) is 11.8. The van der Waals surface area contributed by atoms with E-state index < -0.39 is 10.0 Å². The molecule has 2 aromatic carbocycles. The highest BCUT2D eigenvalue weighted by atomic mass is 32.2. The van der Waals surface area contributed by atoms with Crippen molar-refractivity contribution in [2.24, 2.45) is 0 Å². The smallest absolute Gasteiger partial charge is 0.241 e. The molecule has 0 atom stereocenters. The monoisotopic (exact) mass is 358 g/mol. The number of benzene rings is 2. The van der Waals surface area contributed by atoms with Crippen LogP contribution in [0, 0.1) is 18.8 Å². The lowest BCUT2D eigenvalue weighted by molar-refractivity contribution is 0.411. The summed E-state index contributed by atoms with van der Waals surface area (Å²) in [5.74, 6) is 6.53.